The van der Waals surface area contributed by atoms with E-state index in [4.69, 9.17) is 0 Å². The molecule has 0 radical (unpaired) electrons. The van der Waals surface area contributed by atoms with Gasteiger partial charge in [-0.05, 0) is 49.7 Å². The van der Waals surface area contributed by atoms with Gasteiger partial charge in [0.1, 0.15) is 0 Å². The fourth-order valence-electron chi connectivity index (χ4n) is 5.00. The second kappa shape index (κ2) is 9.16. The minimum Gasteiger partial charge on any atom is -0.357 e. The number of imide groups is 1. The van der Waals surface area contributed by atoms with Crippen LogP contribution in [0, 0.1) is 35.3 Å². The number of rotatable bonds is 8. The van der Waals surface area contributed by atoms with Gasteiger partial charge in [0, 0.05) is 26.2 Å². The molecule has 4 rings (SSSR count). The first-order valence-corrected chi connectivity index (χ1v) is 11.0. The van der Waals surface area contributed by atoms with Crippen molar-refractivity contribution in [1.29, 1.82) is 0 Å². The molecule has 4 atom stereocenters. The zero-order chi connectivity index (χ0) is 22.0. The Morgan fingerprint density at radius 3 is 2.52 bits per heavy atom. The van der Waals surface area contributed by atoms with Crippen molar-refractivity contribution >= 4 is 17.8 Å². The van der Waals surface area contributed by atoms with Crippen LogP contribution in [0.1, 0.15) is 25.3 Å². The Morgan fingerprint density at radius 1 is 1.13 bits per heavy atom. The summed E-state index contributed by atoms with van der Waals surface area (Å²) in [4.78, 5) is 31.3. The molecule has 0 spiro atoms. The lowest BCUT2D eigenvalue weighted by Crippen LogP contribution is -2.38. The smallest absolute Gasteiger partial charge is 0.233 e. The molecule has 1 saturated carbocycles. The van der Waals surface area contributed by atoms with Crippen LogP contribution in [0.5, 0.6) is 0 Å². The molecule has 4 unspecified atom stereocenters. The van der Waals surface area contributed by atoms with Crippen molar-refractivity contribution in [3.8, 4) is 0 Å². The van der Waals surface area contributed by atoms with Crippen molar-refractivity contribution in [2.75, 3.05) is 26.2 Å². The van der Waals surface area contributed by atoms with Gasteiger partial charge >= 0.3 is 0 Å². The third-order valence-electron chi connectivity index (χ3n) is 6.43. The van der Waals surface area contributed by atoms with Crippen molar-refractivity contribution in [3.63, 3.8) is 0 Å². The molecule has 8 heteroatoms. The van der Waals surface area contributed by atoms with Gasteiger partial charge in [-0.2, -0.15) is 0 Å². The summed E-state index contributed by atoms with van der Waals surface area (Å²) in [6.45, 7) is 3.81. The summed E-state index contributed by atoms with van der Waals surface area (Å²) in [6.07, 6.45) is 6.02. The Balaban J connectivity index is 1.25. The first kappa shape index (κ1) is 21.5. The number of halogens is 2. The van der Waals surface area contributed by atoms with E-state index in [-0.39, 0.29) is 35.5 Å². The highest BCUT2D eigenvalue weighted by Gasteiger charge is 2.58. The fraction of sp³-hybridized carbons (Fsp3) is 0.522. The average molecular weight is 430 g/mol. The van der Waals surface area contributed by atoms with Crippen LogP contribution in [0.25, 0.3) is 0 Å². The SMILES string of the molecule is CCNC(=NCCCN1C(=O)C2C3C=CC(C3)C2C1=O)NCCc1cccc(F)c1F. The predicted octanol–water partition coefficient (Wildman–Crippen LogP) is 2.26. The second-order valence-corrected chi connectivity index (χ2v) is 8.33. The van der Waals surface area contributed by atoms with Crippen molar-refractivity contribution in [2.45, 2.75) is 26.2 Å². The van der Waals surface area contributed by atoms with Crippen LogP contribution in [0.3, 0.4) is 0 Å². The van der Waals surface area contributed by atoms with E-state index >= 15 is 0 Å². The van der Waals surface area contributed by atoms with Gasteiger partial charge in [0.15, 0.2) is 17.6 Å². The van der Waals surface area contributed by atoms with Crippen molar-refractivity contribution in [2.24, 2.45) is 28.7 Å². The van der Waals surface area contributed by atoms with Crippen molar-refractivity contribution in [1.82, 2.24) is 15.5 Å². The number of benzene rings is 1. The van der Waals surface area contributed by atoms with E-state index in [1.165, 1.54) is 11.0 Å². The first-order chi connectivity index (χ1) is 15.0. The highest BCUT2D eigenvalue weighted by atomic mass is 19.2. The lowest BCUT2D eigenvalue weighted by atomic mass is 9.85. The molecular weight excluding hydrogens is 402 g/mol. The topological polar surface area (TPSA) is 73.8 Å². The summed E-state index contributed by atoms with van der Waals surface area (Å²) in [7, 11) is 0. The Morgan fingerprint density at radius 2 is 1.84 bits per heavy atom. The number of carbonyl (C=O) groups excluding carboxylic acids is 2. The number of nitrogens with one attached hydrogen (secondary N) is 2. The van der Waals surface area contributed by atoms with Crippen LogP contribution in [0.4, 0.5) is 8.78 Å². The quantitative estimate of drug-likeness (QED) is 0.218. The molecule has 2 bridgehead atoms. The Hall–Kier alpha value is -2.77. The van der Waals surface area contributed by atoms with Crippen molar-refractivity contribution in [3.05, 3.63) is 47.5 Å². The van der Waals surface area contributed by atoms with Crippen LogP contribution in [-0.4, -0.2) is 48.9 Å². The summed E-state index contributed by atoms with van der Waals surface area (Å²) in [5.74, 6) is -1.03. The van der Waals surface area contributed by atoms with E-state index in [1.54, 1.807) is 6.07 Å². The largest absolute Gasteiger partial charge is 0.357 e. The molecule has 1 saturated heterocycles. The number of nitrogens with zero attached hydrogens (tertiary/aromatic N) is 2. The predicted molar refractivity (Wildman–Crippen MR) is 113 cm³/mol. The summed E-state index contributed by atoms with van der Waals surface area (Å²) >= 11 is 0. The molecule has 1 aromatic rings. The molecule has 1 aliphatic heterocycles. The van der Waals surface area contributed by atoms with Gasteiger partial charge in [-0.25, -0.2) is 8.78 Å². The van der Waals surface area contributed by atoms with Gasteiger partial charge in [0.25, 0.3) is 0 Å². The van der Waals surface area contributed by atoms with Crippen LogP contribution < -0.4 is 10.6 Å². The summed E-state index contributed by atoms with van der Waals surface area (Å²) in [6, 6.07) is 4.15. The molecule has 2 amide bonds. The van der Waals surface area contributed by atoms with Gasteiger partial charge in [-0.3, -0.25) is 19.5 Å². The van der Waals surface area contributed by atoms with E-state index in [2.05, 4.69) is 27.8 Å². The number of aliphatic imine (C=N–C) groups is 1. The number of likely N-dealkylation sites (tertiary alicyclic amines) is 1. The number of fused-ring (bicyclic) bond motifs is 5. The summed E-state index contributed by atoms with van der Waals surface area (Å²) in [5, 5.41) is 6.22. The van der Waals surface area contributed by atoms with Gasteiger partial charge in [0.05, 0.1) is 11.8 Å². The molecule has 0 aromatic heterocycles. The minimum atomic E-state index is -0.850. The van der Waals surface area contributed by atoms with Gasteiger partial charge in [-0.1, -0.05) is 24.3 Å². The minimum absolute atomic E-state index is 0.0296. The van der Waals surface area contributed by atoms with Crippen LogP contribution in [0.15, 0.2) is 35.3 Å². The van der Waals surface area contributed by atoms with Crippen LogP contribution >= 0.6 is 0 Å². The van der Waals surface area contributed by atoms with Gasteiger partial charge in [-0.15, -0.1) is 0 Å². The molecule has 2 aliphatic carbocycles. The Labute approximate surface area is 180 Å². The van der Waals surface area contributed by atoms with E-state index < -0.39 is 11.6 Å². The van der Waals surface area contributed by atoms with Gasteiger partial charge in [0.2, 0.25) is 11.8 Å². The fourth-order valence-corrected chi connectivity index (χ4v) is 5.00. The maximum Gasteiger partial charge on any atom is 0.233 e. The maximum atomic E-state index is 13.8. The number of allylic oxidation sites excluding steroid dienone is 2. The third kappa shape index (κ3) is 4.20. The monoisotopic (exact) mass is 430 g/mol. The normalized spacial score (nSPS) is 26.7. The number of hydrogen-bond donors (Lipinski definition) is 2. The van der Waals surface area contributed by atoms with E-state index in [1.807, 2.05) is 6.92 Å². The molecule has 1 heterocycles. The molecule has 6 nitrogen and oxygen atoms in total. The molecule has 31 heavy (non-hydrogen) atoms. The number of hydrogen-bond acceptors (Lipinski definition) is 3. The Kier molecular flexibility index (Phi) is 6.34. The van der Waals surface area contributed by atoms with Crippen molar-refractivity contribution < 1.29 is 18.4 Å². The third-order valence-corrected chi connectivity index (χ3v) is 6.43. The zero-order valence-corrected chi connectivity index (χ0v) is 17.6. The number of carbonyl (C=O) groups is 2. The summed E-state index contributed by atoms with van der Waals surface area (Å²) in [5.41, 5.74) is 0.309. The van der Waals surface area contributed by atoms with E-state index in [9.17, 15) is 18.4 Å². The molecule has 3 aliphatic rings. The van der Waals surface area contributed by atoms with Gasteiger partial charge < -0.3 is 10.6 Å². The van der Waals surface area contributed by atoms with Crippen LogP contribution in [-0.2, 0) is 16.0 Å². The lowest BCUT2D eigenvalue weighted by molar-refractivity contribution is -0.140. The first-order valence-electron chi connectivity index (χ1n) is 11.0. The number of guanidine groups is 1. The zero-order valence-electron chi connectivity index (χ0n) is 17.6. The Bertz CT molecular complexity index is 887. The molecular formula is C23H28F2N4O2. The highest BCUT2D eigenvalue weighted by Crippen LogP contribution is 2.52. The molecule has 1 aromatic carbocycles. The lowest BCUT2D eigenvalue weighted by Gasteiger charge is -2.17. The second-order valence-electron chi connectivity index (χ2n) is 8.33. The number of amides is 2. The summed E-state index contributed by atoms with van der Waals surface area (Å²) < 4.78 is 27.1. The van der Waals surface area contributed by atoms with E-state index in [0.29, 0.717) is 50.5 Å². The molecule has 166 valence electrons. The van der Waals surface area contributed by atoms with Crippen LogP contribution in [0.2, 0.25) is 0 Å². The van der Waals surface area contributed by atoms with E-state index in [0.717, 1.165) is 12.5 Å². The highest BCUT2D eigenvalue weighted by molar-refractivity contribution is 6.06. The standard InChI is InChI=1S/C23H28F2N4O2/c1-2-26-23(28-11-9-14-5-3-6-17(24)20(14)25)27-10-4-12-29-21(30)18-15-7-8-16(13-15)19(18)22(29)31/h3,5-8,15-16,18-19H,2,4,9-13H2,1H3,(H2,26,27,28). The average Bonchev–Trinajstić information content (AvgIpc) is 3.43. The molecule has 2 N–H and O–H groups in total. The maximum absolute atomic E-state index is 13.8. The molecule has 2 fully saturated rings.